The Hall–Kier alpha value is -3.11. The molecule has 10 heteroatoms. The van der Waals surface area contributed by atoms with Crippen LogP contribution in [0.5, 0.6) is 5.75 Å². The Balaban J connectivity index is 1.68. The topological polar surface area (TPSA) is 118 Å². The normalized spacial score (nSPS) is 11.2. The number of nitrogens with one attached hydrogen (secondary N) is 2. The second-order valence-corrected chi connectivity index (χ2v) is 9.81. The van der Waals surface area contributed by atoms with E-state index in [2.05, 4.69) is 15.3 Å². The van der Waals surface area contributed by atoms with Crippen LogP contribution in [0.2, 0.25) is 0 Å². The van der Waals surface area contributed by atoms with Crippen molar-refractivity contribution >= 4 is 33.2 Å². The van der Waals surface area contributed by atoms with E-state index in [-0.39, 0.29) is 21.7 Å². The predicted octanol–water partition coefficient (Wildman–Crippen LogP) is 3.35. The van der Waals surface area contributed by atoms with Crippen molar-refractivity contribution in [3.05, 3.63) is 70.1 Å². The van der Waals surface area contributed by atoms with E-state index in [1.807, 2.05) is 39.0 Å². The van der Waals surface area contributed by atoms with Gasteiger partial charge in [-0.05, 0) is 68.3 Å². The number of benzene rings is 2. The van der Waals surface area contributed by atoms with Gasteiger partial charge in [-0.15, -0.1) is 0 Å². The highest BCUT2D eigenvalue weighted by molar-refractivity contribution is 7.99. The van der Waals surface area contributed by atoms with Crippen molar-refractivity contribution in [1.82, 2.24) is 9.97 Å². The molecule has 0 saturated carbocycles. The van der Waals surface area contributed by atoms with E-state index in [9.17, 15) is 18.0 Å². The Morgan fingerprint density at radius 2 is 1.84 bits per heavy atom. The lowest BCUT2D eigenvalue weighted by Crippen LogP contribution is -2.20. The number of aromatic amines is 1. The summed E-state index contributed by atoms with van der Waals surface area (Å²) < 4.78 is 30.9. The lowest BCUT2D eigenvalue weighted by molar-refractivity contribution is -0.113. The molecule has 0 spiro atoms. The minimum absolute atomic E-state index is 0.000845. The number of anilines is 1. The molecule has 0 atom stereocenters. The number of rotatable bonds is 8. The number of aromatic nitrogens is 2. The number of nitrogens with zero attached hydrogens (tertiary/aromatic N) is 1. The number of aryl methyl sites for hydroxylation is 2. The maximum Gasteiger partial charge on any atom is 0.270 e. The third kappa shape index (κ3) is 5.57. The Labute approximate surface area is 190 Å². The number of carbonyl (C=O) groups is 1. The number of H-pyrrole nitrogens is 1. The van der Waals surface area contributed by atoms with Gasteiger partial charge in [-0.1, -0.05) is 17.8 Å². The van der Waals surface area contributed by atoms with Crippen molar-refractivity contribution in [2.45, 2.75) is 35.7 Å². The summed E-state index contributed by atoms with van der Waals surface area (Å²) in [5.74, 6) is 0.261. The second kappa shape index (κ2) is 10.0. The molecule has 0 saturated heterocycles. The Kier molecular flexibility index (Phi) is 7.37. The van der Waals surface area contributed by atoms with Crippen molar-refractivity contribution in [3.63, 3.8) is 0 Å². The van der Waals surface area contributed by atoms with E-state index in [1.54, 1.807) is 0 Å². The van der Waals surface area contributed by atoms with Crippen LogP contribution in [0.4, 0.5) is 5.69 Å². The molecule has 0 radical (unpaired) electrons. The van der Waals surface area contributed by atoms with Crippen LogP contribution < -0.4 is 15.6 Å². The fourth-order valence-corrected chi connectivity index (χ4v) is 4.66. The van der Waals surface area contributed by atoms with Gasteiger partial charge in [0.25, 0.3) is 5.56 Å². The molecular formula is C22H23N3O5S2. The van der Waals surface area contributed by atoms with Gasteiger partial charge >= 0.3 is 0 Å². The largest absolute Gasteiger partial charge is 0.494 e. The van der Waals surface area contributed by atoms with Crippen LogP contribution >= 0.6 is 11.8 Å². The summed E-state index contributed by atoms with van der Waals surface area (Å²) in [5.41, 5.74) is 2.06. The molecule has 0 aliphatic heterocycles. The number of thioether (sulfide) groups is 1. The number of sulfone groups is 1. The van der Waals surface area contributed by atoms with Crippen LogP contribution in [-0.4, -0.2) is 36.7 Å². The zero-order valence-electron chi connectivity index (χ0n) is 17.8. The van der Waals surface area contributed by atoms with E-state index in [1.165, 1.54) is 24.3 Å². The molecule has 1 heterocycles. The van der Waals surface area contributed by atoms with Crippen LogP contribution in [0.15, 0.2) is 68.4 Å². The van der Waals surface area contributed by atoms with E-state index >= 15 is 0 Å². The van der Waals surface area contributed by atoms with E-state index in [0.717, 1.165) is 29.1 Å². The molecule has 3 aromatic rings. The molecule has 0 bridgehead atoms. The smallest absolute Gasteiger partial charge is 0.270 e. The number of hydrogen-bond donors (Lipinski definition) is 2. The van der Waals surface area contributed by atoms with Gasteiger partial charge in [-0.25, -0.2) is 13.4 Å². The molecular weight excluding hydrogens is 450 g/mol. The highest BCUT2D eigenvalue weighted by Gasteiger charge is 2.22. The molecule has 1 amide bonds. The van der Waals surface area contributed by atoms with Gasteiger partial charge in [-0.3, -0.25) is 9.59 Å². The summed E-state index contributed by atoms with van der Waals surface area (Å²) in [4.78, 5) is 30.5. The maximum absolute atomic E-state index is 12.8. The highest BCUT2D eigenvalue weighted by atomic mass is 32.2. The van der Waals surface area contributed by atoms with Crippen molar-refractivity contribution in [1.29, 1.82) is 0 Å². The van der Waals surface area contributed by atoms with Gasteiger partial charge in [0.1, 0.15) is 5.75 Å². The minimum atomic E-state index is -4.05. The van der Waals surface area contributed by atoms with Gasteiger partial charge < -0.3 is 15.0 Å². The lowest BCUT2D eigenvalue weighted by atomic mass is 10.1. The van der Waals surface area contributed by atoms with Crippen molar-refractivity contribution in [2.24, 2.45) is 0 Å². The summed E-state index contributed by atoms with van der Waals surface area (Å²) >= 11 is 1.00. The lowest BCUT2D eigenvalue weighted by Gasteiger charge is -2.08. The molecule has 0 aliphatic carbocycles. The van der Waals surface area contributed by atoms with Crippen LogP contribution in [0.3, 0.4) is 0 Å². The van der Waals surface area contributed by atoms with Crippen LogP contribution in [0.1, 0.15) is 18.1 Å². The van der Waals surface area contributed by atoms with E-state index in [0.29, 0.717) is 18.0 Å². The first-order chi connectivity index (χ1) is 15.2. The molecule has 32 heavy (non-hydrogen) atoms. The molecule has 3 rings (SSSR count). The van der Waals surface area contributed by atoms with Crippen molar-refractivity contribution in [2.75, 3.05) is 17.7 Å². The number of carbonyl (C=O) groups excluding carboxylic acids is 1. The first-order valence-electron chi connectivity index (χ1n) is 9.78. The highest BCUT2D eigenvalue weighted by Crippen LogP contribution is 2.22. The zero-order valence-corrected chi connectivity index (χ0v) is 19.5. The molecule has 2 N–H and O–H groups in total. The molecule has 2 aromatic carbocycles. The molecule has 168 valence electrons. The third-order valence-electron chi connectivity index (χ3n) is 4.61. The summed E-state index contributed by atoms with van der Waals surface area (Å²) in [6.07, 6.45) is 1.01. The van der Waals surface area contributed by atoms with Gasteiger partial charge in [0.2, 0.25) is 15.7 Å². The number of ether oxygens (including phenoxy) is 1. The molecule has 8 nitrogen and oxygen atoms in total. The fourth-order valence-electron chi connectivity index (χ4n) is 2.79. The summed E-state index contributed by atoms with van der Waals surface area (Å²) in [7, 11) is -4.05. The Morgan fingerprint density at radius 3 is 2.47 bits per heavy atom. The Morgan fingerprint density at radius 1 is 1.12 bits per heavy atom. The van der Waals surface area contributed by atoms with Crippen molar-refractivity contribution in [3.8, 4) is 5.75 Å². The van der Waals surface area contributed by atoms with Gasteiger partial charge in [-0.2, -0.15) is 0 Å². The fraction of sp³-hybridized carbons (Fsp3) is 0.227. The first kappa shape index (κ1) is 23.6. The van der Waals surface area contributed by atoms with Crippen LogP contribution in [-0.2, 0) is 14.6 Å². The average molecular weight is 474 g/mol. The third-order valence-corrected chi connectivity index (χ3v) is 7.26. The number of hydrogen-bond acceptors (Lipinski definition) is 7. The molecule has 0 unspecified atom stereocenters. The van der Waals surface area contributed by atoms with Crippen LogP contribution in [0, 0.1) is 13.8 Å². The number of amides is 1. The molecule has 0 fully saturated rings. The first-order valence-corrected chi connectivity index (χ1v) is 12.2. The van der Waals surface area contributed by atoms with Crippen LogP contribution in [0.25, 0.3) is 0 Å². The SMILES string of the molecule is CCOc1ccc(S(=O)(=O)c2cnc(SCC(=O)Nc3ccc(C)c(C)c3)[nH]c2=O)cc1. The average Bonchev–Trinajstić information content (AvgIpc) is 2.75. The summed E-state index contributed by atoms with van der Waals surface area (Å²) in [6, 6.07) is 11.4. The quantitative estimate of drug-likeness (QED) is 0.380. The van der Waals surface area contributed by atoms with Gasteiger partial charge in [0.15, 0.2) is 10.1 Å². The maximum atomic E-state index is 12.8. The van der Waals surface area contributed by atoms with E-state index < -0.39 is 20.3 Å². The van der Waals surface area contributed by atoms with Gasteiger partial charge in [0, 0.05) is 5.69 Å². The molecule has 1 aromatic heterocycles. The second-order valence-electron chi connectivity index (χ2n) is 6.93. The summed E-state index contributed by atoms with van der Waals surface area (Å²) in [5, 5.41) is 2.93. The van der Waals surface area contributed by atoms with Gasteiger partial charge in [0.05, 0.1) is 23.5 Å². The standard InChI is InChI=1S/C22H23N3O5S2/c1-4-30-17-7-9-18(10-8-17)32(28,29)19-12-23-22(25-21(19)27)31-13-20(26)24-16-6-5-14(2)15(3)11-16/h5-12H,4,13H2,1-3H3,(H,24,26)(H,23,25,27). The van der Waals surface area contributed by atoms with E-state index in [4.69, 9.17) is 4.74 Å². The van der Waals surface area contributed by atoms with Crippen molar-refractivity contribution < 1.29 is 17.9 Å². The summed E-state index contributed by atoms with van der Waals surface area (Å²) in [6.45, 7) is 6.22. The molecule has 0 aliphatic rings. The zero-order chi connectivity index (χ0) is 23.3. The Bertz CT molecular complexity index is 1290. The minimum Gasteiger partial charge on any atom is -0.494 e. The predicted molar refractivity (Wildman–Crippen MR) is 123 cm³/mol. The monoisotopic (exact) mass is 473 g/mol.